The maximum absolute atomic E-state index is 14.8. The Kier molecular flexibility index (Phi) is 12.0. The van der Waals surface area contributed by atoms with Crippen LogP contribution in [0.4, 0.5) is 5.69 Å². The lowest BCUT2D eigenvalue weighted by Gasteiger charge is -2.35. The molecule has 2 amide bonds. The second kappa shape index (κ2) is 16.5. The van der Waals surface area contributed by atoms with Gasteiger partial charge in [0.25, 0.3) is 10.0 Å². The van der Waals surface area contributed by atoms with Crippen LogP contribution in [0, 0.1) is 6.92 Å². The molecule has 0 radical (unpaired) electrons. The van der Waals surface area contributed by atoms with Gasteiger partial charge in [0.05, 0.1) is 24.8 Å². The van der Waals surface area contributed by atoms with Gasteiger partial charge in [0, 0.05) is 19.0 Å². The number of ether oxygens (including phenoxy) is 2. The highest BCUT2D eigenvalue weighted by Gasteiger charge is 2.36. The molecule has 1 N–H and O–H groups in total. The molecule has 1 atom stereocenters. The molecular weight excluding hydrogens is 639 g/mol. The molecule has 0 unspecified atom stereocenters. The van der Waals surface area contributed by atoms with Crippen molar-refractivity contribution in [3.05, 3.63) is 120 Å². The molecule has 1 saturated carbocycles. The smallest absolute Gasteiger partial charge is 0.264 e. The van der Waals surface area contributed by atoms with E-state index in [1.54, 1.807) is 36.4 Å². The van der Waals surface area contributed by atoms with Gasteiger partial charge in [-0.05, 0) is 67.3 Å². The Morgan fingerprint density at radius 2 is 1.49 bits per heavy atom. The van der Waals surface area contributed by atoms with Crippen molar-refractivity contribution in [1.82, 2.24) is 10.2 Å². The second-order valence-corrected chi connectivity index (χ2v) is 14.3. The lowest BCUT2D eigenvalue weighted by atomic mass is 9.94. The standard InChI is InChI=1S/C39H45N3O6S/c1-29-13-12-16-31(25-29)27-41(36(26-30-14-6-4-7-15-30)39(44)40-32-17-8-5-9-18-32)38(43)28-42(35-19-10-11-20-37(35)48-3)49(45,46)34-23-21-33(47-2)22-24-34/h4,6-7,10-16,19-25,32,36H,5,8-9,17-18,26-28H2,1-3H3,(H,40,44)/t36-/m0/s1. The number of para-hydroxylation sites is 2. The fourth-order valence-electron chi connectivity index (χ4n) is 6.33. The van der Waals surface area contributed by atoms with Crippen molar-refractivity contribution in [1.29, 1.82) is 0 Å². The monoisotopic (exact) mass is 683 g/mol. The minimum atomic E-state index is -4.30. The van der Waals surface area contributed by atoms with E-state index in [9.17, 15) is 18.0 Å². The zero-order valence-electron chi connectivity index (χ0n) is 28.4. The number of anilines is 1. The summed E-state index contributed by atoms with van der Waals surface area (Å²) >= 11 is 0. The summed E-state index contributed by atoms with van der Waals surface area (Å²) in [5.74, 6) is 0.00672. The number of rotatable bonds is 14. The summed E-state index contributed by atoms with van der Waals surface area (Å²) < 4.78 is 40.7. The Balaban J connectivity index is 1.58. The van der Waals surface area contributed by atoms with Crippen LogP contribution >= 0.6 is 0 Å². The average Bonchev–Trinajstić information content (AvgIpc) is 3.12. The first-order chi connectivity index (χ1) is 23.7. The molecule has 9 nitrogen and oxygen atoms in total. The number of nitrogens with zero attached hydrogens (tertiary/aromatic N) is 2. The molecule has 258 valence electrons. The largest absolute Gasteiger partial charge is 0.497 e. The van der Waals surface area contributed by atoms with Crippen molar-refractivity contribution in [2.75, 3.05) is 25.1 Å². The minimum Gasteiger partial charge on any atom is -0.497 e. The number of sulfonamides is 1. The third kappa shape index (κ3) is 9.00. The number of hydrogen-bond donors (Lipinski definition) is 1. The Labute approximate surface area is 289 Å². The van der Waals surface area contributed by atoms with Crippen LogP contribution in [0.3, 0.4) is 0 Å². The lowest BCUT2D eigenvalue weighted by molar-refractivity contribution is -0.140. The number of amides is 2. The van der Waals surface area contributed by atoms with E-state index in [1.807, 2.05) is 61.5 Å². The molecule has 1 aliphatic rings. The number of aryl methyl sites for hydroxylation is 1. The van der Waals surface area contributed by atoms with E-state index in [2.05, 4.69) is 5.32 Å². The van der Waals surface area contributed by atoms with E-state index in [0.717, 1.165) is 53.1 Å². The molecule has 1 aliphatic carbocycles. The van der Waals surface area contributed by atoms with Crippen LogP contribution in [-0.2, 0) is 32.6 Å². The Bertz CT molecular complexity index is 1810. The fraction of sp³-hybridized carbons (Fsp3) is 0.333. The van der Waals surface area contributed by atoms with E-state index >= 15 is 0 Å². The van der Waals surface area contributed by atoms with Crippen molar-refractivity contribution < 1.29 is 27.5 Å². The van der Waals surface area contributed by atoms with Gasteiger partial charge in [-0.1, -0.05) is 91.6 Å². The number of carbonyl (C=O) groups is 2. The highest BCUT2D eigenvalue weighted by atomic mass is 32.2. The van der Waals surface area contributed by atoms with Crippen LogP contribution in [0.1, 0.15) is 48.8 Å². The number of carbonyl (C=O) groups excluding carboxylic acids is 2. The van der Waals surface area contributed by atoms with Crippen molar-refractivity contribution in [3.8, 4) is 11.5 Å². The Morgan fingerprint density at radius 1 is 0.816 bits per heavy atom. The highest BCUT2D eigenvalue weighted by molar-refractivity contribution is 7.92. The third-order valence-electron chi connectivity index (χ3n) is 8.94. The number of hydrogen-bond acceptors (Lipinski definition) is 6. The molecule has 5 rings (SSSR count). The summed E-state index contributed by atoms with van der Waals surface area (Å²) in [6, 6.07) is 29.2. The Hall–Kier alpha value is -4.83. The fourth-order valence-corrected chi connectivity index (χ4v) is 7.75. The molecule has 0 bridgehead atoms. The topological polar surface area (TPSA) is 105 Å². The summed E-state index contributed by atoms with van der Waals surface area (Å²) in [6.07, 6.45) is 5.25. The van der Waals surface area contributed by atoms with Crippen molar-refractivity contribution in [2.45, 2.75) is 69.0 Å². The van der Waals surface area contributed by atoms with E-state index in [4.69, 9.17) is 9.47 Å². The molecular formula is C39H45N3O6S. The maximum Gasteiger partial charge on any atom is 0.264 e. The summed E-state index contributed by atoms with van der Waals surface area (Å²) in [4.78, 5) is 30.6. The van der Waals surface area contributed by atoms with Crippen LogP contribution in [0.2, 0.25) is 0 Å². The van der Waals surface area contributed by atoms with Crippen molar-refractivity contribution in [2.24, 2.45) is 0 Å². The van der Waals surface area contributed by atoms with Gasteiger partial charge in [0.2, 0.25) is 11.8 Å². The number of benzene rings is 4. The first kappa shape index (κ1) is 35.5. The third-order valence-corrected chi connectivity index (χ3v) is 10.7. The molecule has 4 aromatic carbocycles. The van der Waals surface area contributed by atoms with Crippen LogP contribution in [0.15, 0.2) is 108 Å². The lowest BCUT2D eigenvalue weighted by Crippen LogP contribution is -2.55. The van der Waals surface area contributed by atoms with Crippen LogP contribution in [0.25, 0.3) is 0 Å². The van der Waals surface area contributed by atoms with Crippen LogP contribution in [0.5, 0.6) is 11.5 Å². The SMILES string of the molecule is COc1ccc(S(=O)(=O)N(CC(=O)N(Cc2cccc(C)c2)[C@@H](Cc2ccccc2)C(=O)NC2CCCCC2)c2ccccc2OC)cc1. The summed E-state index contributed by atoms with van der Waals surface area (Å²) in [6.45, 7) is 1.51. The quantitative estimate of drug-likeness (QED) is 0.167. The van der Waals surface area contributed by atoms with Crippen LogP contribution < -0.4 is 19.1 Å². The maximum atomic E-state index is 14.8. The average molecular weight is 684 g/mol. The van der Waals surface area contributed by atoms with E-state index in [-0.39, 0.29) is 41.2 Å². The first-order valence-corrected chi connectivity index (χ1v) is 18.1. The number of methoxy groups -OCH3 is 2. The molecule has 0 aliphatic heterocycles. The molecule has 0 saturated heterocycles. The molecule has 1 fully saturated rings. The number of nitrogens with one attached hydrogen (secondary N) is 1. The van der Waals surface area contributed by atoms with Crippen molar-refractivity contribution >= 4 is 27.5 Å². The zero-order chi connectivity index (χ0) is 34.8. The van der Waals surface area contributed by atoms with Crippen LogP contribution in [-0.4, -0.2) is 58.0 Å². The molecule has 4 aromatic rings. The first-order valence-electron chi connectivity index (χ1n) is 16.7. The van der Waals surface area contributed by atoms with Gasteiger partial charge in [0.15, 0.2) is 0 Å². The van der Waals surface area contributed by atoms with Crippen molar-refractivity contribution in [3.63, 3.8) is 0 Å². The zero-order valence-corrected chi connectivity index (χ0v) is 29.2. The van der Waals surface area contributed by atoms with Gasteiger partial charge in [-0.25, -0.2) is 8.42 Å². The van der Waals surface area contributed by atoms with Gasteiger partial charge in [-0.15, -0.1) is 0 Å². The normalized spacial score (nSPS) is 14.0. The molecule has 0 aromatic heterocycles. The highest BCUT2D eigenvalue weighted by Crippen LogP contribution is 2.33. The van der Waals surface area contributed by atoms with E-state index in [1.165, 1.54) is 31.3 Å². The minimum absolute atomic E-state index is 0.0203. The van der Waals surface area contributed by atoms with Gasteiger partial charge in [-0.3, -0.25) is 13.9 Å². The van der Waals surface area contributed by atoms with Gasteiger partial charge >= 0.3 is 0 Å². The Morgan fingerprint density at radius 3 is 2.16 bits per heavy atom. The van der Waals surface area contributed by atoms with E-state index < -0.39 is 28.5 Å². The predicted molar refractivity (Wildman–Crippen MR) is 191 cm³/mol. The second-order valence-electron chi connectivity index (χ2n) is 12.4. The van der Waals surface area contributed by atoms with Gasteiger partial charge in [-0.2, -0.15) is 0 Å². The molecule has 0 spiro atoms. The molecule has 49 heavy (non-hydrogen) atoms. The summed E-state index contributed by atoms with van der Waals surface area (Å²) in [5.41, 5.74) is 2.93. The van der Waals surface area contributed by atoms with Gasteiger partial charge in [0.1, 0.15) is 24.1 Å². The molecule has 0 heterocycles. The predicted octanol–water partition coefficient (Wildman–Crippen LogP) is 6.30. The summed E-state index contributed by atoms with van der Waals surface area (Å²) in [7, 11) is -1.34. The molecule has 10 heteroatoms. The van der Waals surface area contributed by atoms with E-state index in [0.29, 0.717) is 5.75 Å². The van der Waals surface area contributed by atoms with Gasteiger partial charge < -0.3 is 19.7 Å². The summed E-state index contributed by atoms with van der Waals surface area (Å²) in [5, 5.41) is 3.25.